The van der Waals surface area contributed by atoms with Crippen LogP contribution < -0.4 is 5.32 Å². The Labute approximate surface area is 159 Å². The molecular weight excluding hydrogens is 342 g/mol. The van der Waals surface area contributed by atoms with E-state index in [4.69, 9.17) is 9.47 Å². The molecule has 0 saturated heterocycles. The summed E-state index contributed by atoms with van der Waals surface area (Å²) in [5, 5.41) is 2.80. The molecule has 0 saturated carbocycles. The first-order valence-electron chi connectivity index (χ1n) is 8.94. The third-order valence-corrected chi connectivity index (χ3v) is 4.60. The number of hydrogen-bond donors (Lipinski definition) is 1. The molecule has 0 unspecified atom stereocenters. The van der Waals surface area contributed by atoms with Gasteiger partial charge in [0.25, 0.3) is 5.91 Å². The lowest BCUT2D eigenvalue weighted by Crippen LogP contribution is -2.34. The van der Waals surface area contributed by atoms with Crippen LogP contribution in [-0.2, 0) is 9.47 Å². The number of carbonyl (C=O) groups excluding carboxylic acids is 1. The van der Waals surface area contributed by atoms with Gasteiger partial charge >= 0.3 is 0 Å². The van der Waals surface area contributed by atoms with E-state index in [-0.39, 0.29) is 12.5 Å². The van der Waals surface area contributed by atoms with E-state index in [0.717, 1.165) is 16.7 Å². The molecule has 0 aliphatic rings. The molecule has 0 aliphatic heterocycles. The summed E-state index contributed by atoms with van der Waals surface area (Å²) in [5.41, 5.74) is 4.62. The summed E-state index contributed by atoms with van der Waals surface area (Å²) in [5.74, 6) is 0.308. The molecule has 1 aromatic heterocycles. The van der Waals surface area contributed by atoms with Crippen LogP contribution in [0.25, 0.3) is 16.7 Å². The molecule has 6 nitrogen and oxygen atoms in total. The molecule has 0 fully saturated rings. The quantitative estimate of drug-likeness (QED) is 0.649. The molecule has 1 amide bonds. The Morgan fingerprint density at radius 2 is 1.81 bits per heavy atom. The molecule has 3 aromatic rings. The summed E-state index contributed by atoms with van der Waals surface area (Å²) < 4.78 is 12.2. The van der Waals surface area contributed by atoms with Crippen LogP contribution in [0.5, 0.6) is 0 Å². The molecule has 0 radical (unpaired) electrons. The molecular formula is C21H25N3O3. The smallest absolute Gasteiger partial charge is 0.251 e. The van der Waals surface area contributed by atoms with Gasteiger partial charge < -0.3 is 14.8 Å². The monoisotopic (exact) mass is 367 g/mol. The molecule has 6 heteroatoms. The molecule has 3 rings (SSSR count). The van der Waals surface area contributed by atoms with E-state index in [9.17, 15) is 4.79 Å². The van der Waals surface area contributed by atoms with Crippen LogP contribution in [-0.4, -0.2) is 42.5 Å². The number of methoxy groups -OCH3 is 2. The normalized spacial score (nSPS) is 11.5. The van der Waals surface area contributed by atoms with Crippen LogP contribution in [0, 0.1) is 0 Å². The van der Waals surface area contributed by atoms with Gasteiger partial charge in [0, 0.05) is 25.5 Å². The second-order valence-electron chi connectivity index (χ2n) is 6.68. The number of rotatable bonds is 7. The number of carbonyl (C=O) groups is 1. The maximum atomic E-state index is 12.3. The molecule has 0 aliphatic carbocycles. The molecule has 2 aromatic carbocycles. The second kappa shape index (κ2) is 8.33. The van der Waals surface area contributed by atoms with Crippen molar-refractivity contribution >= 4 is 16.9 Å². The lowest BCUT2D eigenvalue weighted by atomic mass is 10.0. The Morgan fingerprint density at radius 1 is 1.11 bits per heavy atom. The molecule has 142 valence electrons. The minimum absolute atomic E-state index is 0.188. The van der Waals surface area contributed by atoms with Crippen LogP contribution in [0.2, 0.25) is 0 Å². The molecule has 0 bridgehead atoms. The standard InChI is InChI=1S/C21H25N3O3/c1-14(2)15-5-8-17(9-6-15)24-13-23-18-11-16(7-10-19(18)24)21(25)22-12-20(26-3)27-4/h5-11,13-14,20H,12H2,1-4H3,(H,22,25). The van der Waals surface area contributed by atoms with Crippen molar-refractivity contribution in [1.29, 1.82) is 0 Å². The summed E-state index contributed by atoms with van der Waals surface area (Å²) in [7, 11) is 3.07. The van der Waals surface area contributed by atoms with E-state index in [1.807, 2.05) is 10.6 Å². The number of imidazole rings is 1. The minimum atomic E-state index is -0.467. The van der Waals surface area contributed by atoms with E-state index < -0.39 is 6.29 Å². The minimum Gasteiger partial charge on any atom is -0.354 e. The second-order valence-corrected chi connectivity index (χ2v) is 6.68. The number of aromatic nitrogens is 2. The first kappa shape index (κ1) is 19.1. The van der Waals surface area contributed by atoms with Crippen molar-refractivity contribution in [3.63, 3.8) is 0 Å². The summed E-state index contributed by atoms with van der Waals surface area (Å²) in [6.07, 6.45) is 1.31. The average Bonchev–Trinajstić information content (AvgIpc) is 3.11. The number of nitrogens with one attached hydrogen (secondary N) is 1. The Bertz CT molecular complexity index is 912. The predicted octanol–water partition coefficient (Wildman–Crippen LogP) is 3.50. The molecule has 27 heavy (non-hydrogen) atoms. The third kappa shape index (κ3) is 4.18. The van der Waals surface area contributed by atoms with Crippen molar-refractivity contribution in [2.75, 3.05) is 20.8 Å². The lowest BCUT2D eigenvalue weighted by molar-refractivity contribution is -0.0974. The number of amides is 1. The van der Waals surface area contributed by atoms with Gasteiger partial charge in [0.05, 0.1) is 17.6 Å². The van der Waals surface area contributed by atoms with Crippen molar-refractivity contribution in [3.8, 4) is 5.69 Å². The van der Waals surface area contributed by atoms with E-state index in [1.165, 1.54) is 19.8 Å². The Morgan fingerprint density at radius 3 is 2.44 bits per heavy atom. The molecule has 1 N–H and O–H groups in total. The van der Waals surface area contributed by atoms with Gasteiger partial charge in [-0.2, -0.15) is 0 Å². The zero-order chi connectivity index (χ0) is 19.4. The van der Waals surface area contributed by atoms with Crippen molar-refractivity contribution in [3.05, 3.63) is 59.9 Å². The number of hydrogen-bond acceptors (Lipinski definition) is 4. The third-order valence-electron chi connectivity index (χ3n) is 4.60. The van der Waals surface area contributed by atoms with Gasteiger partial charge in [-0.3, -0.25) is 9.36 Å². The van der Waals surface area contributed by atoms with Gasteiger partial charge in [0.1, 0.15) is 6.33 Å². The zero-order valence-electron chi connectivity index (χ0n) is 16.1. The lowest BCUT2D eigenvalue weighted by Gasteiger charge is -2.14. The first-order valence-corrected chi connectivity index (χ1v) is 8.94. The number of nitrogens with zero attached hydrogens (tertiary/aromatic N) is 2. The first-order chi connectivity index (χ1) is 13.0. The van der Waals surface area contributed by atoms with Crippen LogP contribution in [0.15, 0.2) is 48.8 Å². The molecule has 0 atom stereocenters. The summed E-state index contributed by atoms with van der Waals surface area (Å²) in [6.45, 7) is 4.63. The maximum absolute atomic E-state index is 12.3. The van der Waals surface area contributed by atoms with Gasteiger partial charge in [-0.15, -0.1) is 0 Å². The van der Waals surface area contributed by atoms with Crippen molar-refractivity contribution in [2.24, 2.45) is 0 Å². The predicted molar refractivity (Wildman–Crippen MR) is 105 cm³/mol. The van der Waals surface area contributed by atoms with Crippen molar-refractivity contribution < 1.29 is 14.3 Å². The highest BCUT2D eigenvalue weighted by atomic mass is 16.7. The molecule has 0 spiro atoms. The fourth-order valence-electron chi connectivity index (χ4n) is 2.92. The van der Waals surface area contributed by atoms with Crippen LogP contribution >= 0.6 is 0 Å². The van der Waals surface area contributed by atoms with E-state index in [2.05, 4.69) is 48.4 Å². The van der Waals surface area contributed by atoms with Gasteiger partial charge in [0.15, 0.2) is 6.29 Å². The highest BCUT2D eigenvalue weighted by Gasteiger charge is 2.12. The topological polar surface area (TPSA) is 65.4 Å². The van der Waals surface area contributed by atoms with Crippen LogP contribution in [0.1, 0.15) is 35.7 Å². The zero-order valence-corrected chi connectivity index (χ0v) is 16.1. The largest absolute Gasteiger partial charge is 0.354 e. The van der Waals surface area contributed by atoms with Gasteiger partial charge in [-0.1, -0.05) is 26.0 Å². The van der Waals surface area contributed by atoms with Gasteiger partial charge in [0.2, 0.25) is 0 Å². The van der Waals surface area contributed by atoms with Crippen LogP contribution in [0.3, 0.4) is 0 Å². The fourth-order valence-corrected chi connectivity index (χ4v) is 2.92. The highest BCUT2D eigenvalue weighted by molar-refractivity contribution is 5.97. The van der Waals surface area contributed by atoms with Crippen molar-refractivity contribution in [2.45, 2.75) is 26.1 Å². The summed E-state index contributed by atoms with van der Waals surface area (Å²) >= 11 is 0. The van der Waals surface area contributed by atoms with Gasteiger partial charge in [-0.25, -0.2) is 4.98 Å². The fraction of sp³-hybridized carbons (Fsp3) is 0.333. The van der Waals surface area contributed by atoms with Gasteiger partial charge in [-0.05, 0) is 41.8 Å². The number of ether oxygens (including phenoxy) is 2. The number of fused-ring (bicyclic) bond motifs is 1. The average molecular weight is 367 g/mol. The van der Waals surface area contributed by atoms with Crippen LogP contribution in [0.4, 0.5) is 0 Å². The van der Waals surface area contributed by atoms with E-state index in [1.54, 1.807) is 18.5 Å². The van der Waals surface area contributed by atoms with Crippen molar-refractivity contribution in [1.82, 2.24) is 14.9 Å². The van der Waals surface area contributed by atoms with E-state index in [0.29, 0.717) is 11.5 Å². The summed E-state index contributed by atoms with van der Waals surface area (Å²) in [4.78, 5) is 16.8. The number of benzene rings is 2. The highest BCUT2D eigenvalue weighted by Crippen LogP contribution is 2.22. The Kier molecular flexibility index (Phi) is 5.88. The summed E-state index contributed by atoms with van der Waals surface area (Å²) in [6, 6.07) is 14.0. The SMILES string of the molecule is COC(CNC(=O)c1ccc2c(c1)ncn2-c1ccc(C(C)C)cc1)OC. The Hall–Kier alpha value is -2.70. The maximum Gasteiger partial charge on any atom is 0.251 e. The Balaban J connectivity index is 1.81. The van der Waals surface area contributed by atoms with E-state index >= 15 is 0 Å². The molecule has 1 heterocycles.